The zero-order chi connectivity index (χ0) is 15.7. The molecule has 0 aliphatic heterocycles. The lowest BCUT2D eigenvalue weighted by molar-refractivity contribution is 0.112. The fourth-order valence-corrected chi connectivity index (χ4v) is 1.80. The molecule has 2 aromatic rings. The van der Waals surface area contributed by atoms with E-state index in [0.717, 1.165) is 23.2 Å². The van der Waals surface area contributed by atoms with Crippen LogP contribution in [0.2, 0.25) is 0 Å². The van der Waals surface area contributed by atoms with Crippen LogP contribution in [0.3, 0.4) is 0 Å². The molecular formula is C19H22O2. The first kappa shape index (κ1) is 16.7. The predicted molar refractivity (Wildman–Crippen MR) is 87.9 cm³/mol. The lowest BCUT2D eigenvalue weighted by Crippen LogP contribution is -2.00. The minimum absolute atomic E-state index is 0.416. The number of carbonyl (C=O) groups excluding carboxylic acids is 1. The number of hydrogen-bond acceptors (Lipinski definition) is 2. The lowest BCUT2D eigenvalue weighted by Gasteiger charge is -2.11. The van der Waals surface area contributed by atoms with Crippen molar-refractivity contribution >= 4 is 6.29 Å². The van der Waals surface area contributed by atoms with Gasteiger partial charge in [0.1, 0.15) is 18.6 Å². The van der Waals surface area contributed by atoms with E-state index in [2.05, 4.69) is 12.6 Å². The molecule has 2 nitrogen and oxygen atoms in total. The third-order valence-electron chi connectivity index (χ3n) is 2.91. The molecule has 0 aromatic heterocycles. The van der Waals surface area contributed by atoms with Gasteiger partial charge in [-0.3, -0.25) is 4.79 Å². The molecule has 21 heavy (non-hydrogen) atoms. The highest BCUT2D eigenvalue weighted by molar-refractivity contribution is 5.77. The van der Waals surface area contributed by atoms with Crippen LogP contribution in [-0.4, -0.2) is 6.29 Å². The number of allylic oxidation sites excluding steroid dienone is 1. The summed E-state index contributed by atoms with van der Waals surface area (Å²) in [5, 5.41) is 0. The van der Waals surface area contributed by atoms with Gasteiger partial charge in [-0.25, -0.2) is 0 Å². The van der Waals surface area contributed by atoms with Gasteiger partial charge in [-0.1, -0.05) is 42.5 Å². The van der Waals surface area contributed by atoms with Crippen LogP contribution in [-0.2, 0) is 6.61 Å². The molecule has 2 rings (SSSR count). The fourth-order valence-electron chi connectivity index (χ4n) is 1.80. The first-order valence-electron chi connectivity index (χ1n) is 6.92. The molecule has 0 saturated heterocycles. The summed E-state index contributed by atoms with van der Waals surface area (Å²) >= 11 is 0. The normalized spacial score (nSPS) is 9.29. The first-order chi connectivity index (χ1) is 10.1. The summed E-state index contributed by atoms with van der Waals surface area (Å²) in [6, 6.07) is 13.6. The number of ether oxygens (including phenoxy) is 1. The zero-order valence-electron chi connectivity index (χ0n) is 12.9. The number of carbonyl (C=O) groups is 1. The van der Waals surface area contributed by atoms with Crippen LogP contribution in [0.1, 0.15) is 34.0 Å². The largest absolute Gasteiger partial charge is 0.489 e. The van der Waals surface area contributed by atoms with Crippen LogP contribution in [0.25, 0.3) is 0 Å². The predicted octanol–water partition coefficient (Wildman–Crippen LogP) is 4.89. The quantitative estimate of drug-likeness (QED) is 0.589. The second kappa shape index (κ2) is 8.75. The fraction of sp³-hybridized carbons (Fsp3) is 0.211. The molecule has 0 atom stereocenters. The molecule has 0 spiro atoms. The van der Waals surface area contributed by atoms with Gasteiger partial charge >= 0.3 is 0 Å². The minimum Gasteiger partial charge on any atom is -0.489 e. The van der Waals surface area contributed by atoms with Crippen molar-refractivity contribution in [3.8, 4) is 5.75 Å². The van der Waals surface area contributed by atoms with Gasteiger partial charge < -0.3 is 4.74 Å². The Hall–Kier alpha value is -2.35. The van der Waals surface area contributed by atoms with Crippen molar-refractivity contribution in [1.82, 2.24) is 0 Å². The summed E-state index contributed by atoms with van der Waals surface area (Å²) in [4.78, 5) is 10.9. The topological polar surface area (TPSA) is 26.3 Å². The zero-order valence-corrected chi connectivity index (χ0v) is 12.9. The second-order valence-electron chi connectivity index (χ2n) is 4.78. The highest BCUT2D eigenvalue weighted by atomic mass is 16.5. The Balaban J connectivity index is 0.000000677. The van der Waals surface area contributed by atoms with Gasteiger partial charge in [-0.15, -0.1) is 6.58 Å². The second-order valence-corrected chi connectivity index (χ2v) is 4.78. The third kappa shape index (κ3) is 5.27. The molecule has 0 aliphatic carbocycles. The van der Waals surface area contributed by atoms with Crippen molar-refractivity contribution in [1.29, 1.82) is 0 Å². The van der Waals surface area contributed by atoms with Gasteiger partial charge in [0.2, 0.25) is 0 Å². The van der Waals surface area contributed by atoms with E-state index in [1.165, 1.54) is 5.56 Å². The standard InChI is InChI=1S/C16H16O2.C3H6/c1-12-7-8-13(2)16(9-12)18-11-15-6-4-3-5-14(15)10-17;1-3-2/h3-10H,11H2,1-2H3;3H,1H2,2H3. The molecule has 0 aliphatic rings. The highest BCUT2D eigenvalue weighted by Gasteiger charge is 2.03. The van der Waals surface area contributed by atoms with Crippen LogP contribution in [0.15, 0.2) is 55.1 Å². The number of hydrogen-bond donors (Lipinski definition) is 0. The molecule has 0 N–H and O–H groups in total. The summed E-state index contributed by atoms with van der Waals surface area (Å²) in [7, 11) is 0. The van der Waals surface area contributed by atoms with Crippen molar-refractivity contribution < 1.29 is 9.53 Å². The molecule has 2 aromatic carbocycles. The monoisotopic (exact) mass is 282 g/mol. The van der Waals surface area contributed by atoms with Crippen molar-refractivity contribution in [3.63, 3.8) is 0 Å². The molecule has 0 unspecified atom stereocenters. The summed E-state index contributed by atoms with van der Waals surface area (Å²) in [5.41, 5.74) is 3.86. The van der Waals surface area contributed by atoms with Gasteiger partial charge in [0.05, 0.1) is 0 Å². The molecule has 0 heterocycles. The number of benzene rings is 2. The number of aldehydes is 1. The van der Waals surface area contributed by atoms with Crippen molar-refractivity contribution in [2.24, 2.45) is 0 Å². The van der Waals surface area contributed by atoms with Crippen LogP contribution in [0.5, 0.6) is 5.75 Å². The minimum atomic E-state index is 0.416. The highest BCUT2D eigenvalue weighted by Crippen LogP contribution is 2.20. The lowest BCUT2D eigenvalue weighted by atomic mass is 10.1. The molecule has 0 amide bonds. The average molecular weight is 282 g/mol. The van der Waals surface area contributed by atoms with E-state index in [1.54, 1.807) is 12.1 Å². The third-order valence-corrected chi connectivity index (χ3v) is 2.91. The van der Waals surface area contributed by atoms with Crippen LogP contribution in [0.4, 0.5) is 0 Å². The maximum Gasteiger partial charge on any atom is 0.150 e. The molecular weight excluding hydrogens is 260 g/mol. The Morgan fingerprint density at radius 3 is 2.48 bits per heavy atom. The Kier molecular flexibility index (Phi) is 6.96. The first-order valence-corrected chi connectivity index (χ1v) is 6.92. The number of rotatable bonds is 4. The van der Waals surface area contributed by atoms with Crippen molar-refractivity contribution in [2.75, 3.05) is 0 Å². The van der Waals surface area contributed by atoms with Gasteiger partial charge in [0.25, 0.3) is 0 Å². The molecule has 0 saturated carbocycles. The summed E-state index contributed by atoms with van der Waals surface area (Å²) in [6.45, 7) is 9.71. The molecule has 0 radical (unpaired) electrons. The summed E-state index contributed by atoms with van der Waals surface area (Å²) in [6.07, 6.45) is 2.61. The molecule has 0 bridgehead atoms. The molecule has 0 fully saturated rings. The maximum atomic E-state index is 10.9. The van der Waals surface area contributed by atoms with Gasteiger partial charge in [0.15, 0.2) is 0 Å². The smallest absolute Gasteiger partial charge is 0.150 e. The Morgan fingerprint density at radius 1 is 1.14 bits per heavy atom. The maximum absolute atomic E-state index is 10.9. The van der Waals surface area contributed by atoms with Gasteiger partial charge in [0, 0.05) is 5.56 Å². The van der Waals surface area contributed by atoms with Gasteiger partial charge in [-0.2, -0.15) is 0 Å². The van der Waals surface area contributed by atoms with Crippen molar-refractivity contribution in [3.05, 3.63) is 77.4 Å². The van der Waals surface area contributed by atoms with E-state index >= 15 is 0 Å². The van der Waals surface area contributed by atoms with Crippen LogP contribution >= 0.6 is 0 Å². The van der Waals surface area contributed by atoms with E-state index in [4.69, 9.17) is 4.74 Å². The van der Waals surface area contributed by atoms with E-state index in [-0.39, 0.29) is 0 Å². The Labute approximate surface area is 127 Å². The van der Waals surface area contributed by atoms with E-state index in [1.807, 2.05) is 51.1 Å². The van der Waals surface area contributed by atoms with Gasteiger partial charge in [-0.05, 0) is 43.5 Å². The summed E-state index contributed by atoms with van der Waals surface area (Å²) in [5.74, 6) is 0.871. The average Bonchev–Trinajstić information content (AvgIpc) is 2.49. The SMILES string of the molecule is C=CC.Cc1ccc(C)c(OCc2ccccc2C=O)c1. The van der Waals surface area contributed by atoms with Crippen LogP contribution < -0.4 is 4.74 Å². The molecule has 110 valence electrons. The van der Waals surface area contributed by atoms with E-state index < -0.39 is 0 Å². The van der Waals surface area contributed by atoms with E-state index in [0.29, 0.717) is 12.2 Å². The number of aryl methyl sites for hydroxylation is 2. The van der Waals surface area contributed by atoms with Crippen molar-refractivity contribution in [2.45, 2.75) is 27.4 Å². The van der Waals surface area contributed by atoms with Crippen LogP contribution in [0, 0.1) is 13.8 Å². The Bertz CT molecular complexity index is 600. The Morgan fingerprint density at radius 2 is 1.81 bits per heavy atom. The molecule has 2 heteroatoms. The van der Waals surface area contributed by atoms with E-state index in [9.17, 15) is 4.79 Å². The summed E-state index contributed by atoms with van der Waals surface area (Å²) < 4.78 is 5.79.